The number of thiazole rings is 1. The second kappa shape index (κ2) is 11.0. The molecule has 0 aliphatic carbocycles. The van der Waals surface area contributed by atoms with Crippen LogP contribution in [0.1, 0.15) is 13.8 Å². The van der Waals surface area contributed by atoms with Crippen LogP contribution in [0.4, 0.5) is 9.52 Å². The Balaban J connectivity index is 0.00000341. The number of sulfone groups is 1. The number of nitrogens with zero attached hydrogens (tertiary/aromatic N) is 3. The third kappa shape index (κ3) is 6.22. The Morgan fingerprint density at radius 2 is 1.74 bits per heavy atom. The van der Waals surface area contributed by atoms with E-state index in [4.69, 9.17) is 0 Å². The van der Waals surface area contributed by atoms with Crippen molar-refractivity contribution >= 4 is 54.8 Å². The van der Waals surface area contributed by atoms with Crippen LogP contribution in [0.25, 0.3) is 10.2 Å². The molecular weight excluding hydrogens is 461 g/mol. The zero-order chi connectivity index (χ0) is 21.7. The number of likely N-dealkylation sites (N-methyl/N-ethyl adjacent to an activating group) is 1. The van der Waals surface area contributed by atoms with Crippen molar-refractivity contribution in [2.45, 2.75) is 18.7 Å². The second-order valence-corrected chi connectivity index (χ2v) is 9.75. The van der Waals surface area contributed by atoms with Crippen molar-refractivity contribution in [3.8, 4) is 0 Å². The summed E-state index contributed by atoms with van der Waals surface area (Å²) in [4.78, 5) is 21.2. The maximum absolute atomic E-state index is 13.6. The Kier molecular flexibility index (Phi) is 8.93. The van der Waals surface area contributed by atoms with E-state index in [2.05, 4.69) is 9.88 Å². The van der Waals surface area contributed by atoms with Gasteiger partial charge in [-0.2, -0.15) is 0 Å². The molecule has 3 rings (SSSR count). The molecule has 1 heterocycles. The van der Waals surface area contributed by atoms with Crippen LogP contribution in [0.2, 0.25) is 0 Å². The van der Waals surface area contributed by atoms with Gasteiger partial charge in [0.15, 0.2) is 15.0 Å². The van der Waals surface area contributed by atoms with E-state index in [9.17, 15) is 17.6 Å². The summed E-state index contributed by atoms with van der Waals surface area (Å²) >= 11 is 1.18. The molecule has 3 aromatic rings. The smallest absolute Gasteiger partial charge is 0.244 e. The molecule has 0 saturated heterocycles. The monoisotopic (exact) mass is 485 g/mol. The minimum atomic E-state index is -3.79. The van der Waals surface area contributed by atoms with Crippen molar-refractivity contribution in [3.63, 3.8) is 0 Å². The number of amides is 1. The van der Waals surface area contributed by atoms with E-state index in [-0.39, 0.29) is 23.1 Å². The predicted molar refractivity (Wildman–Crippen MR) is 125 cm³/mol. The van der Waals surface area contributed by atoms with Crippen molar-refractivity contribution in [2.75, 3.05) is 36.8 Å². The normalized spacial score (nSPS) is 11.5. The van der Waals surface area contributed by atoms with Crippen LogP contribution in [0.15, 0.2) is 53.4 Å². The average molecular weight is 486 g/mol. The molecule has 0 radical (unpaired) electrons. The number of benzene rings is 2. The number of carbonyl (C=O) groups is 1. The fourth-order valence-corrected chi connectivity index (χ4v) is 5.31. The summed E-state index contributed by atoms with van der Waals surface area (Å²) in [7, 11) is -3.79. The van der Waals surface area contributed by atoms with Crippen LogP contribution in [0.5, 0.6) is 0 Å². The first-order valence-electron chi connectivity index (χ1n) is 9.70. The summed E-state index contributed by atoms with van der Waals surface area (Å²) in [5.41, 5.74) is 0.572. The molecule has 31 heavy (non-hydrogen) atoms. The van der Waals surface area contributed by atoms with Gasteiger partial charge in [0.2, 0.25) is 5.91 Å². The zero-order valence-electron chi connectivity index (χ0n) is 17.3. The van der Waals surface area contributed by atoms with Crippen LogP contribution < -0.4 is 4.90 Å². The molecule has 0 unspecified atom stereocenters. The Labute approximate surface area is 192 Å². The molecule has 1 amide bonds. The maximum atomic E-state index is 13.6. The summed E-state index contributed by atoms with van der Waals surface area (Å²) in [6.45, 7) is 6.55. The highest BCUT2D eigenvalue weighted by molar-refractivity contribution is 7.92. The Bertz CT molecular complexity index is 1120. The van der Waals surface area contributed by atoms with Crippen molar-refractivity contribution in [1.82, 2.24) is 9.88 Å². The van der Waals surface area contributed by atoms with Gasteiger partial charge in [-0.1, -0.05) is 43.4 Å². The first kappa shape index (κ1) is 25.2. The van der Waals surface area contributed by atoms with Gasteiger partial charge in [0, 0.05) is 13.1 Å². The average Bonchev–Trinajstić information content (AvgIpc) is 3.14. The fourth-order valence-electron chi connectivity index (χ4n) is 3.06. The van der Waals surface area contributed by atoms with Gasteiger partial charge in [0.1, 0.15) is 11.6 Å². The fraction of sp³-hybridized carbons (Fsp3) is 0.333. The van der Waals surface area contributed by atoms with Crippen molar-refractivity contribution < 1.29 is 17.6 Å². The summed E-state index contributed by atoms with van der Waals surface area (Å²) in [6, 6.07) is 12.1. The molecular formula is C21H25ClFN3O3S2. The Hall–Kier alpha value is -2.07. The molecule has 2 aromatic carbocycles. The van der Waals surface area contributed by atoms with E-state index in [1.54, 1.807) is 24.3 Å². The molecule has 168 valence electrons. The van der Waals surface area contributed by atoms with Crippen molar-refractivity contribution in [2.24, 2.45) is 0 Å². The molecule has 10 heteroatoms. The molecule has 6 nitrogen and oxygen atoms in total. The third-order valence-electron chi connectivity index (χ3n) is 4.82. The lowest BCUT2D eigenvalue weighted by Crippen LogP contribution is -2.41. The van der Waals surface area contributed by atoms with Crippen molar-refractivity contribution in [1.29, 1.82) is 0 Å². The van der Waals surface area contributed by atoms with E-state index in [1.807, 2.05) is 13.8 Å². The predicted octanol–water partition coefficient (Wildman–Crippen LogP) is 4.01. The minimum absolute atomic E-state index is 0. The van der Waals surface area contributed by atoms with Crippen LogP contribution >= 0.6 is 23.7 Å². The number of hydrogen-bond donors (Lipinski definition) is 0. The molecule has 0 N–H and O–H groups in total. The number of halogens is 2. The van der Waals surface area contributed by atoms with Crippen LogP contribution in [-0.2, 0) is 14.6 Å². The molecule has 0 fully saturated rings. The van der Waals surface area contributed by atoms with Gasteiger partial charge in [0.05, 0.1) is 15.1 Å². The quantitative estimate of drug-likeness (QED) is 0.458. The molecule has 0 atom stereocenters. The van der Waals surface area contributed by atoms with Gasteiger partial charge in [-0.25, -0.2) is 17.8 Å². The Morgan fingerprint density at radius 3 is 2.39 bits per heavy atom. The van der Waals surface area contributed by atoms with Gasteiger partial charge in [-0.3, -0.25) is 9.69 Å². The third-order valence-corrected chi connectivity index (χ3v) is 7.48. The van der Waals surface area contributed by atoms with Gasteiger partial charge >= 0.3 is 0 Å². The number of rotatable bonds is 9. The topological polar surface area (TPSA) is 70.6 Å². The lowest BCUT2D eigenvalue weighted by molar-refractivity contribution is -0.116. The highest BCUT2D eigenvalue weighted by Crippen LogP contribution is 2.30. The highest BCUT2D eigenvalue weighted by atomic mass is 35.5. The molecule has 0 aliphatic rings. The molecule has 0 spiro atoms. The zero-order valence-corrected chi connectivity index (χ0v) is 19.8. The molecule has 0 bridgehead atoms. The maximum Gasteiger partial charge on any atom is 0.244 e. The summed E-state index contributed by atoms with van der Waals surface area (Å²) in [6.07, 6.45) is 0. The summed E-state index contributed by atoms with van der Waals surface area (Å²) < 4.78 is 39.6. The Morgan fingerprint density at radius 1 is 1.06 bits per heavy atom. The van der Waals surface area contributed by atoms with Crippen LogP contribution in [0, 0.1) is 5.82 Å². The van der Waals surface area contributed by atoms with E-state index in [0.29, 0.717) is 28.4 Å². The van der Waals surface area contributed by atoms with Gasteiger partial charge < -0.3 is 4.90 Å². The van der Waals surface area contributed by atoms with Crippen LogP contribution in [0.3, 0.4) is 0 Å². The van der Waals surface area contributed by atoms with E-state index < -0.39 is 21.5 Å². The van der Waals surface area contributed by atoms with Gasteiger partial charge in [-0.15, -0.1) is 12.4 Å². The van der Waals surface area contributed by atoms with E-state index >= 15 is 0 Å². The molecule has 0 saturated carbocycles. The van der Waals surface area contributed by atoms with E-state index in [1.165, 1.54) is 40.5 Å². The number of fused-ring (bicyclic) bond motifs is 1. The molecule has 1 aromatic heterocycles. The van der Waals surface area contributed by atoms with Crippen molar-refractivity contribution in [3.05, 3.63) is 54.3 Å². The number of anilines is 1. The second-order valence-electron chi connectivity index (χ2n) is 6.75. The molecule has 0 aliphatic heterocycles. The summed E-state index contributed by atoms with van der Waals surface area (Å²) in [5.74, 6) is -1.59. The first-order chi connectivity index (χ1) is 14.3. The standard InChI is InChI=1S/C21H24FN3O3S2.ClH/c1-3-24(4-2)12-13-25(21-23-18-11-10-16(22)14-19(18)29-21)20(26)15-30(27,28)17-8-6-5-7-9-17;/h5-11,14H,3-4,12-13,15H2,1-2H3;1H. The van der Waals surface area contributed by atoms with Gasteiger partial charge in [0.25, 0.3) is 0 Å². The summed E-state index contributed by atoms with van der Waals surface area (Å²) in [5, 5.41) is 0.371. The van der Waals surface area contributed by atoms with E-state index in [0.717, 1.165) is 13.1 Å². The number of hydrogen-bond acceptors (Lipinski definition) is 6. The lowest BCUT2D eigenvalue weighted by atomic mass is 10.3. The number of aromatic nitrogens is 1. The number of carbonyl (C=O) groups excluding carboxylic acids is 1. The van der Waals surface area contributed by atoms with Crippen LogP contribution in [-0.4, -0.2) is 56.1 Å². The largest absolute Gasteiger partial charge is 0.302 e. The minimum Gasteiger partial charge on any atom is -0.302 e. The first-order valence-corrected chi connectivity index (χ1v) is 12.2. The lowest BCUT2D eigenvalue weighted by Gasteiger charge is -2.24. The SMILES string of the molecule is CCN(CC)CCN(C(=O)CS(=O)(=O)c1ccccc1)c1nc2ccc(F)cc2s1.Cl. The highest BCUT2D eigenvalue weighted by Gasteiger charge is 2.26. The van der Waals surface area contributed by atoms with Gasteiger partial charge in [-0.05, 0) is 43.4 Å².